The van der Waals surface area contributed by atoms with Gasteiger partial charge in [0.25, 0.3) is 0 Å². The molecule has 1 rings (SSSR count). The maximum atomic E-state index is 12.2. The molecule has 0 aliphatic heterocycles. The highest BCUT2D eigenvalue weighted by atomic mass is 19.4. The van der Waals surface area contributed by atoms with Gasteiger partial charge in [-0.15, -0.1) is 13.2 Å². The second-order valence-corrected chi connectivity index (χ2v) is 3.78. The number of primary amides is 1. The summed E-state index contributed by atoms with van der Waals surface area (Å²) in [6.45, 7) is 3.32. The van der Waals surface area contributed by atoms with Gasteiger partial charge in [-0.25, -0.2) is 0 Å². The van der Waals surface area contributed by atoms with Crippen molar-refractivity contribution in [1.29, 1.82) is 0 Å². The maximum absolute atomic E-state index is 12.2. The summed E-state index contributed by atoms with van der Waals surface area (Å²) in [5.74, 6) is -1.47. The van der Waals surface area contributed by atoms with Crippen molar-refractivity contribution < 1.29 is 22.7 Å². The van der Waals surface area contributed by atoms with E-state index in [0.717, 1.165) is 6.07 Å². The van der Waals surface area contributed by atoms with E-state index >= 15 is 0 Å². The first-order valence-electron chi connectivity index (χ1n) is 4.91. The number of carbonyl (C=O) groups excluding carboxylic acids is 1. The van der Waals surface area contributed by atoms with Crippen molar-refractivity contribution in [3.05, 3.63) is 29.3 Å². The molecule has 0 saturated carbocycles. The fourth-order valence-corrected chi connectivity index (χ4v) is 1.57. The number of hydrogen-bond acceptors (Lipinski definition) is 2. The molecule has 0 bridgehead atoms. The SMILES string of the molecule is CC(C)c1c(OC(F)(F)F)cccc1C(N)=O. The minimum Gasteiger partial charge on any atom is -0.405 e. The van der Waals surface area contributed by atoms with Crippen LogP contribution in [-0.4, -0.2) is 12.3 Å². The number of hydrogen-bond donors (Lipinski definition) is 1. The molecule has 0 heterocycles. The molecule has 1 amide bonds. The molecule has 17 heavy (non-hydrogen) atoms. The van der Waals surface area contributed by atoms with Gasteiger partial charge in [0.1, 0.15) is 5.75 Å². The Morgan fingerprint density at radius 3 is 2.35 bits per heavy atom. The van der Waals surface area contributed by atoms with Crippen molar-refractivity contribution in [2.24, 2.45) is 5.73 Å². The van der Waals surface area contributed by atoms with Gasteiger partial charge in [0.2, 0.25) is 5.91 Å². The molecule has 0 atom stereocenters. The van der Waals surface area contributed by atoms with Crippen LogP contribution in [0.3, 0.4) is 0 Å². The van der Waals surface area contributed by atoms with E-state index < -0.39 is 12.3 Å². The zero-order valence-corrected chi connectivity index (χ0v) is 9.34. The summed E-state index contributed by atoms with van der Waals surface area (Å²) in [5.41, 5.74) is 5.32. The molecular weight excluding hydrogens is 235 g/mol. The fraction of sp³-hybridized carbons (Fsp3) is 0.364. The standard InChI is InChI=1S/C11H12F3NO2/c1-6(2)9-7(10(15)16)4-3-5-8(9)17-11(12,13)14/h3-6H,1-2H3,(H2,15,16). The smallest absolute Gasteiger partial charge is 0.405 e. The van der Waals surface area contributed by atoms with Crippen molar-refractivity contribution in [3.8, 4) is 5.75 Å². The van der Waals surface area contributed by atoms with E-state index in [-0.39, 0.29) is 22.8 Å². The van der Waals surface area contributed by atoms with Crippen LogP contribution in [0.25, 0.3) is 0 Å². The minimum atomic E-state index is -4.79. The minimum absolute atomic E-state index is 0.0433. The van der Waals surface area contributed by atoms with Gasteiger partial charge in [0, 0.05) is 11.1 Å². The largest absolute Gasteiger partial charge is 0.573 e. The van der Waals surface area contributed by atoms with Crippen LogP contribution in [0.1, 0.15) is 35.7 Å². The molecule has 3 nitrogen and oxygen atoms in total. The molecule has 0 fully saturated rings. The molecule has 0 unspecified atom stereocenters. The predicted octanol–water partition coefficient (Wildman–Crippen LogP) is 2.81. The molecule has 0 aromatic heterocycles. The lowest BCUT2D eigenvalue weighted by molar-refractivity contribution is -0.274. The van der Waals surface area contributed by atoms with Crippen molar-refractivity contribution in [2.45, 2.75) is 26.1 Å². The Balaban J connectivity index is 3.30. The van der Waals surface area contributed by atoms with E-state index in [4.69, 9.17) is 5.73 Å². The van der Waals surface area contributed by atoms with Crippen molar-refractivity contribution >= 4 is 5.91 Å². The summed E-state index contributed by atoms with van der Waals surface area (Å²) in [6.07, 6.45) is -4.79. The van der Waals surface area contributed by atoms with Gasteiger partial charge in [0.05, 0.1) is 0 Å². The lowest BCUT2D eigenvalue weighted by Crippen LogP contribution is -2.21. The van der Waals surface area contributed by atoms with Crippen molar-refractivity contribution in [2.75, 3.05) is 0 Å². The maximum Gasteiger partial charge on any atom is 0.573 e. The third-order valence-electron chi connectivity index (χ3n) is 2.13. The van der Waals surface area contributed by atoms with E-state index in [2.05, 4.69) is 4.74 Å². The molecule has 0 saturated heterocycles. The molecule has 1 aromatic carbocycles. The highest BCUT2D eigenvalue weighted by molar-refractivity contribution is 5.95. The average Bonchev–Trinajstić information content (AvgIpc) is 2.14. The summed E-state index contributed by atoms with van der Waals surface area (Å²) < 4.78 is 40.4. The molecule has 0 aliphatic rings. The van der Waals surface area contributed by atoms with E-state index in [0.29, 0.717) is 0 Å². The van der Waals surface area contributed by atoms with Gasteiger partial charge >= 0.3 is 6.36 Å². The monoisotopic (exact) mass is 247 g/mol. The summed E-state index contributed by atoms with van der Waals surface area (Å²) >= 11 is 0. The van der Waals surface area contributed by atoms with Gasteiger partial charge in [-0.1, -0.05) is 19.9 Å². The first-order valence-corrected chi connectivity index (χ1v) is 4.91. The highest BCUT2D eigenvalue weighted by Crippen LogP contribution is 2.33. The number of benzene rings is 1. The van der Waals surface area contributed by atoms with E-state index in [1.54, 1.807) is 13.8 Å². The van der Waals surface area contributed by atoms with E-state index in [1.165, 1.54) is 12.1 Å². The summed E-state index contributed by atoms with van der Waals surface area (Å²) in [4.78, 5) is 11.1. The summed E-state index contributed by atoms with van der Waals surface area (Å²) in [7, 11) is 0. The number of carbonyl (C=O) groups is 1. The third kappa shape index (κ3) is 3.37. The topological polar surface area (TPSA) is 52.3 Å². The molecule has 94 valence electrons. The fourth-order valence-electron chi connectivity index (χ4n) is 1.57. The second-order valence-electron chi connectivity index (χ2n) is 3.78. The third-order valence-corrected chi connectivity index (χ3v) is 2.13. The first-order chi connectivity index (χ1) is 7.72. The first kappa shape index (κ1) is 13.3. The number of halogens is 3. The molecular formula is C11H12F3NO2. The molecule has 0 aliphatic carbocycles. The highest BCUT2D eigenvalue weighted by Gasteiger charge is 2.33. The Morgan fingerprint density at radius 1 is 1.35 bits per heavy atom. The van der Waals surface area contributed by atoms with Crippen LogP contribution in [0.2, 0.25) is 0 Å². The van der Waals surface area contributed by atoms with Crippen LogP contribution in [0.4, 0.5) is 13.2 Å². The lowest BCUT2D eigenvalue weighted by Gasteiger charge is -2.17. The second kappa shape index (κ2) is 4.65. The van der Waals surface area contributed by atoms with Crippen molar-refractivity contribution in [3.63, 3.8) is 0 Å². The Labute approximate surface area is 96.4 Å². The van der Waals surface area contributed by atoms with Gasteiger partial charge in [-0.3, -0.25) is 4.79 Å². The normalized spacial score (nSPS) is 11.6. The van der Waals surface area contributed by atoms with Gasteiger partial charge < -0.3 is 10.5 Å². The Kier molecular flexibility index (Phi) is 3.65. The van der Waals surface area contributed by atoms with Crippen LogP contribution < -0.4 is 10.5 Å². The lowest BCUT2D eigenvalue weighted by atomic mass is 9.96. The predicted molar refractivity (Wildman–Crippen MR) is 55.7 cm³/mol. The van der Waals surface area contributed by atoms with Gasteiger partial charge in [-0.2, -0.15) is 0 Å². The van der Waals surface area contributed by atoms with Crippen LogP contribution in [-0.2, 0) is 0 Å². The Morgan fingerprint density at radius 2 is 1.94 bits per heavy atom. The quantitative estimate of drug-likeness (QED) is 0.892. The molecule has 0 spiro atoms. The Hall–Kier alpha value is -1.72. The van der Waals surface area contributed by atoms with Crippen LogP contribution in [0.15, 0.2) is 18.2 Å². The zero-order chi connectivity index (χ0) is 13.2. The van der Waals surface area contributed by atoms with Crippen LogP contribution in [0.5, 0.6) is 5.75 Å². The Bertz CT molecular complexity index is 427. The van der Waals surface area contributed by atoms with E-state index in [9.17, 15) is 18.0 Å². The van der Waals surface area contributed by atoms with E-state index in [1.807, 2.05) is 0 Å². The van der Waals surface area contributed by atoms with Gasteiger partial charge in [0.15, 0.2) is 0 Å². The van der Waals surface area contributed by atoms with Crippen LogP contribution in [0, 0.1) is 0 Å². The van der Waals surface area contributed by atoms with Crippen molar-refractivity contribution in [1.82, 2.24) is 0 Å². The average molecular weight is 247 g/mol. The molecule has 0 radical (unpaired) electrons. The number of ether oxygens (including phenoxy) is 1. The molecule has 6 heteroatoms. The zero-order valence-electron chi connectivity index (χ0n) is 9.34. The number of alkyl halides is 3. The van der Waals surface area contributed by atoms with Crippen LogP contribution >= 0.6 is 0 Å². The summed E-state index contributed by atoms with van der Waals surface area (Å²) in [6, 6.07) is 3.84. The number of rotatable bonds is 3. The number of amides is 1. The van der Waals surface area contributed by atoms with Gasteiger partial charge in [-0.05, 0) is 18.1 Å². The molecule has 2 N–H and O–H groups in total. The number of nitrogens with two attached hydrogens (primary N) is 1. The molecule has 1 aromatic rings. The summed E-state index contributed by atoms with van der Waals surface area (Å²) in [5, 5.41) is 0.